The van der Waals surface area contributed by atoms with E-state index >= 15 is 0 Å². The number of methoxy groups -OCH3 is 1. The van der Waals surface area contributed by atoms with Crippen LogP contribution in [0.4, 0.5) is 0 Å². The van der Waals surface area contributed by atoms with Crippen LogP contribution in [0.3, 0.4) is 0 Å². The zero-order valence-electron chi connectivity index (χ0n) is 18.6. The fourth-order valence-electron chi connectivity index (χ4n) is 4.47. The van der Waals surface area contributed by atoms with E-state index < -0.39 is 0 Å². The van der Waals surface area contributed by atoms with Gasteiger partial charge in [-0.15, -0.1) is 11.3 Å². The van der Waals surface area contributed by atoms with Crippen LogP contribution in [-0.4, -0.2) is 29.8 Å². The molecular weight excluding hydrogens is 424 g/mol. The number of hydrogen-bond acceptors (Lipinski definition) is 6. The second-order valence-electron chi connectivity index (χ2n) is 8.42. The molecule has 1 fully saturated rings. The normalized spacial score (nSPS) is 16.9. The minimum absolute atomic E-state index is 0.204. The van der Waals surface area contributed by atoms with Crippen LogP contribution in [0.1, 0.15) is 60.0 Å². The number of carbonyl (C=O) groups excluding carboxylic acids is 1. The van der Waals surface area contributed by atoms with E-state index in [-0.39, 0.29) is 16.8 Å². The van der Waals surface area contributed by atoms with Crippen molar-refractivity contribution >= 4 is 33.7 Å². The molecule has 2 aromatic heterocycles. The summed E-state index contributed by atoms with van der Waals surface area (Å²) in [4.78, 5) is 32.9. The van der Waals surface area contributed by atoms with Crippen molar-refractivity contribution in [1.82, 2.24) is 4.57 Å². The molecule has 32 heavy (non-hydrogen) atoms. The molecule has 2 heterocycles. The van der Waals surface area contributed by atoms with Crippen molar-refractivity contribution in [3.05, 3.63) is 50.6 Å². The molecule has 6 nitrogen and oxygen atoms in total. The highest BCUT2D eigenvalue weighted by molar-refractivity contribution is 7.15. The molecule has 0 bridgehead atoms. The summed E-state index contributed by atoms with van der Waals surface area (Å²) < 4.78 is 7.99. The van der Waals surface area contributed by atoms with Gasteiger partial charge in [-0.2, -0.15) is 0 Å². The Morgan fingerprint density at radius 1 is 1.28 bits per heavy atom. The van der Waals surface area contributed by atoms with Crippen molar-refractivity contribution in [2.45, 2.75) is 52.0 Å². The first-order valence-electron chi connectivity index (χ1n) is 11.1. The van der Waals surface area contributed by atoms with Crippen LogP contribution in [0.5, 0.6) is 5.75 Å². The van der Waals surface area contributed by atoms with Crippen molar-refractivity contribution in [2.75, 3.05) is 13.7 Å². The van der Waals surface area contributed by atoms with Crippen molar-refractivity contribution < 1.29 is 14.4 Å². The van der Waals surface area contributed by atoms with Crippen LogP contribution in [-0.2, 0) is 17.7 Å². The molecule has 0 amide bonds. The molecule has 0 N–H and O–H groups in total. The predicted octanol–water partition coefficient (Wildman–Crippen LogP) is 5.16. The summed E-state index contributed by atoms with van der Waals surface area (Å²) in [5.41, 5.74) is 4.14. The van der Waals surface area contributed by atoms with Gasteiger partial charge in [0.2, 0.25) is 0 Å². The number of ether oxygens (including phenoxy) is 1. The summed E-state index contributed by atoms with van der Waals surface area (Å²) in [5.74, 6) is 0.494. The molecule has 2 aliphatic carbocycles. The van der Waals surface area contributed by atoms with E-state index in [2.05, 4.69) is 15.8 Å². The monoisotopic (exact) mass is 450 g/mol. The van der Waals surface area contributed by atoms with E-state index in [1.54, 1.807) is 24.6 Å². The van der Waals surface area contributed by atoms with Crippen molar-refractivity contribution in [1.29, 1.82) is 0 Å². The number of oxime groups is 1. The SMILES string of the molecule is CCO/N=C1/CCc2sc(-c3ccc4c(=O)c(C(C)=O)cn(C5CC5)c4c3OC)cc2C1. The number of fused-ring (bicyclic) bond motifs is 2. The average Bonchev–Trinajstić information content (AvgIpc) is 3.55. The van der Waals surface area contributed by atoms with Crippen LogP contribution in [0.25, 0.3) is 21.3 Å². The number of carbonyl (C=O) groups is 1. The first-order chi connectivity index (χ1) is 15.5. The van der Waals surface area contributed by atoms with Crippen LogP contribution < -0.4 is 10.2 Å². The fourth-order valence-corrected chi connectivity index (χ4v) is 5.67. The first kappa shape index (κ1) is 20.9. The van der Waals surface area contributed by atoms with E-state index in [1.807, 2.05) is 19.1 Å². The Bertz CT molecular complexity index is 1310. The second-order valence-corrected chi connectivity index (χ2v) is 9.56. The number of benzene rings is 1. The van der Waals surface area contributed by atoms with Gasteiger partial charge in [0.1, 0.15) is 6.61 Å². The molecule has 1 aromatic carbocycles. The lowest BCUT2D eigenvalue weighted by Crippen LogP contribution is -2.18. The maximum atomic E-state index is 13.1. The van der Waals surface area contributed by atoms with Gasteiger partial charge in [-0.1, -0.05) is 5.16 Å². The Labute approximate surface area is 190 Å². The smallest absolute Gasteiger partial charge is 0.200 e. The van der Waals surface area contributed by atoms with Gasteiger partial charge in [0.05, 0.1) is 29.3 Å². The van der Waals surface area contributed by atoms with E-state index in [0.717, 1.165) is 53.8 Å². The third-order valence-electron chi connectivity index (χ3n) is 6.19. The van der Waals surface area contributed by atoms with Crippen LogP contribution in [0, 0.1) is 0 Å². The first-order valence-corrected chi connectivity index (χ1v) is 11.9. The number of ketones is 1. The summed E-state index contributed by atoms with van der Waals surface area (Å²) in [5, 5.41) is 4.80. The van der Waals surface area contributed by atoms with E-state index in [9.17, 15) is 9.59 Å². The Hall–Kier alpha value is -2.93. The number of rotatable bonds is 6. The van der Waals surface area contributed by atoms with E-state index in [0.29, 0.717) is 23.8 Å². The van der Waals surface area contributed by atoms with Gasteiger partial charge < -0.3 is 14.1 Å². The third-order valence-corrected chi connectivity index (χ3v) is 7.46. The lowest BCUT2D eigenvalue weighted by molar-refractivity contribution is 0.101. The second kappa shape index (κ2) is 8.20. The lowest BCUT2D eigenvalue weighted by atomic mass is 9.96. The molecule has 1 saturated carbocycles. The van der Waals surface area contributed by atoms with Gasteiger partial charge in [-0.25, -0.2) is 0 Å². The minimum Gasteiger partial charge on any atom is -0.494 e. The number of nitrogens with zero attached hydrogens (tertiary/aromatic N) is 2. The molecule has 0 saturated heterocycles. The van der Waals surface area contributed by atoms with Gasteiger partial charge in [0.15, 0.2) is 17.0 Å². The maximum Gasteiger partial charge on any atom is 0.200 e. The van der Waals surface area contributed by atoms with Gasteiger partial charge in [-0.05, 0) is 63.3 Å². The van der Waals surface area contributed by atoms with E-state index in [4.69, 9.17) is 9.57 Å². The lowest BCUT2D eigenvalue weighted by Gasteiger charge is -2.17. The predicted molar refractivity (Wildman–Crippen MR) is 127 cm³/mol. The number of Topliss-reactive ketones (excluding diaryl/α,β-unsaturated/α-hetero) is 1. The summed E-state index contributed by atoms with van der Waals surface area (Å²) in [6, 6.07) is 6.32. The quantitative estimate of drug-likeness (QED) is 0.384. The number of hydrogen-bond donors (Lipinski definition) is 0. The Morgan fingerprint density at radius 3 is 2.78 bits per heavy atom. The van der Waals surface area contributed by atoms with Gasteiger partial charge >= 0.3 is 0 Å². The largest absolute Gasteiger partial charge is 0.494 e. The van der Waals surface area contributed by atoms with Crippen molar-refractivity contribution in [2.24, 2.45) is 5.16 Å². The summed E-state index contributed by atoms with van der Waals surface area (Å²) in [7, 11) is 1.65. The van der Waals surface area contributed by atoms with Crippen LogP contribution in [0.15, 0.2) is 34.3 Å². The maximum absolute atomic E-state index is 13.1. The number of pyridine rings is 1. The molecule has 0 unspecified atom stereocenters. The van der Waals surface area contributed by atoms with Gasteiger partial charge in [-0.3, -0.25) is 9.59 Å². The summed E-state index contributed by atoms with van der Waals surface area (Å²) in [6.07, 6.45) is 6.48. The molecule has 0 spiro atoms. The average molecular weight is 451 g/mol. The minimum atomic E-state index is -0.225. The zero-order valence-corrected chi connectivity index (χ0v) is 19.4. The highest BCUT2D eigenvalue weighted by Crippen LogP contribution is 2.45. The molecule has 0 atom stereocenters. The zero-order chi connectivity index (χ0) is 22.4. The Morgan fingerprint density at radius 2 is 2.09 bits per heavy atom. The van der Waals surface area contributed by atoms with Gasteiger partial charge in [0.25, 0.3) is 0 Å². The topological polar surface area (TPSA) is 69.9 Å². The number of thiophene rings is 1. The van der Waals surface area contributed by atoms with Crippen LogP contribution in [0.2, 0.25) is 0 Å². The molecule has 166 valence electrons. The van der Waals surface area contributed by atoms with Crippen LogP contribution >= 0.6 is 11.3 Å². The standard InChI is InChI=1S/C25H26N2O4S/c1-4-31-26-16-5-10-21-15(11-16)12-22(32-21)18-8-9-19-23(25(18)30-3)27(17-6-7-17)13-20(14(2)28)24(19)29/h8-9,12-13,17H,4-7,10-11H2,1-3H3/b26-16-. The fraction of sp³-hybridized carbons (Fsp3) is 0.400. The van der Waals surface area contributed by atoms with Gasteiger partial charge in [0, 0.05) is 34.0 Å². The van der Waals surface area contributed by atoms with Crippen molar-refractivity contribution in [3.63, 3.8) is 0 Å². The summed E-state index contributed by atoms with van der Waals surface area (Å²) >= 11 is 1.78. The highest BCUT2D eigenvalue weighted by Gasteiger charge is 2.29. The molecule has 3 aromatic rings. The molecular formula is C25H26N2O4S. The summed E-state index contributed by atoms with van der Waals surface area (Å²) in [6.45, 7) is 3.96. The molecule has 5 rings (SSSR count). The Kier molecular flexibility index (Phi) is 5.37. The Balaban J connectivity index is 1.66. The molecule has 0 radical (unpaired) electrons. The number of aryl methyl sites for hydroxylation is 1. The third kappa shape index (κ3) is 3.54. The van der Waals surface area contributed by atoms with Crippen molar-refractivity contribution in [3.8, 4) is 16.2 Å². The van der Waals surface area contributed by atoms with E-state index in [1.165, 1.54) is 17.4 Å². The molecule has 0 aliphatic heterocycles. The number of aromatic nitrogens is 1. The highest BCUT2D eigenvalue weighted by atomic mass is 32.1. The molecule has 7 heteroatoms. The molecule has 2 aliphatic rings.